The number of methoxy groups -OCH3 is 1. The van der Waals surface area contributed by atoms with Gasteiger partial charge in [-0.25, -0.2) is 4.79 Å². The maximum absolute atomic E-state index is 12.1. The Labute approximate surface area is 132 Å². The fourth-order valence-corrected chi connectivity index (χ4v) is 3.28. The van der Waals surface area contributed by atoms with E-state index in [0.29, 0.717) is 11.5 Å². The minimum Gasteiger partial charge on any atom is -0.496 e. The molecule has 1 saturated carbocycles. The van der Waals surface area contributed by atoms with Crippen LogP contribution in [0, 0.1) is 0 Å². The molecule has 0 spiro atoms. The molecule has 1 fully saturated rings. The summed E-state index contributed by atoms with van der Waals surface area (Å²) in [5.41, 5.74) is 2.74. The van der Waals surface area contributed by atoms with E-state index in [0.717, 1.165) is 36.1 Å². The molecule has 0 aliphatic heterocycles. The molecule has 0 heterocycles. The first kappa shape index (κ1) is 16.8. The van der Waals surface area contributed by atoms with Crippen molar-refractivity contribution in [3.05, 3.63) is 28.8 Å². The minimum atomic E-state index is -0.372. The molecule has 122 valence electrons. The number of benzene rings is 1. The highest BCUT2D eigenvalue weighted by Gasteiger charge is 2.23. The van der Waals surface area contributed by atoms with Gasteiger partial charge in [-0.1, -0.05) is 26.2 Å². The third-order valence-electron chi connectivity index (χ3n) is 4.38. The average molecular weight is 306 g/mol. The molecule has 0 radical (unpaired) electrons. The van der Waals surface area contributed by atoms with Gasteiger partial charge in [0.2, 0.25) is 0 Å². The standard InChI is InChI=1S/C18H26O4/c1-3-13-11-15(18(20)22-10-9-19)12-16(17(13)21-2)14-7-5-4-6-8-14/h11-12,14,19H,3-10H2,1-2H3. The van der Waals surface area contributed by atoms with Crippen LogP contribution in [0.5, 0.6) is 5.75 Å². The molecular formula is C18H26O4. The van der Waals surface area contributed by atoms with E-state index in [4.69, 9.17) is 14.6 Å². The van der Waals surface area contributed by atoms with Gasteiger partial charge >= 0.3 is 5.97 Å². The van der Waals surface area contributed by atoms with Crippen LogP contribution in [-0.4, -0.2) is 31.4 Å². The molecule has 4 nitrogen and oxygen atoms in total. The zero-order valence-corrected chi connectivity index (χ0v) is 13.6. The molecule has 0 atom stereocenters. The third kappa shape index (κ3) is 3.80. The molecule has 0 saturated heterocycles. The molecule has 1 aromatic carbocycles. The van der Waals surface area contributed by atoms with E-state index >= 15 is 0 Å². The number of hydrogen-bond donors (Lipinski definition) is 1. The topological polar surface area (TPSA) is 55.8 Å². The molecular weight excluding hydrogens is 280 g/mol. The minimum absolute atomic E-state index is 0.0328. The summed E-state index contributed by atoms with van der Waals surface area (Å²) in [5.74, 6) is 1.01. The summed E-state index contributed by atoms with van der Waals surface area (Å²) < 4.78 is 10.7. The number of ether oxygens (including phenoxy) is 2. The number of carbonyl (C=O) groups is 1. The SMILES string of the molecule is CCc1cc(C(=O)OCCO)cc(C2CCCCC2)c1OC. The smallest absolute Gasteiger partial charge is 0.338 e. The molecule has 1 aliphatic rings. The van der Waals surface area contributed by atoms with Crippen LogP contribution >= 0.6 is 0 Å². The summed E-state index contributed by atoms with van der Waals surface area (Å²) in [5, 5.41) is 8.81. The number of aliphatic hydroxyl groups excluding tert-OH is 1. The predicted octanol–water partition coefficient (Wildman–Crippen LogP) is 3.45. The van der Waals surface area contributed by atoms with Gasteiger partial charge in [0.15, 0.2) is 0 Å². The van der Waals surface area contributed by atoms with Crippen molar-refractivity contribution in [3.8, 4) is 5.75 Å². The molecule has 1 aliphatic carbocycles. The van der Waals surface area contributed by atoms with Gasteiger partial charge < -0.3 is 14.6 Å². The molecule has 4 heteroatoms. The molecule has 1 aromatic rings. The summed E-state index contributed by atoms with van der Waals surface area (Å²) >= 11 is 0. The lowest BCUT2D eigenvalue weighted by Gasteiger charge is -2.25. The summed E-state index contributed by atoms with van der Waals surface area (Å²) in [6.45, 7) is 1.94. The van der Waals surface area contributed by atoms with Crippen LogP contribution in [0.3, 0.4) is 0 Å². The van der Waals surface area contributed by atoms with Crippen molar-refractivity contribution < 1.29 is 19.4 Å². The normalized spacial score (nSPS) is 15.6. The van der Waals surface area contributed by atoms with Crippen LogP contribution in [0.2, 0.25) is 0 Å². The van der Waals surface area contributed by atoms with Gasteiger partial charge in [-0.3, -0.25) is 0 Å². The number of aliphatic hydroxyl groups is 1. The second kappa shape index (κ2) is 8.18. The predicted molar refractivity (Wildman–Crippen MR) is 85.6 cm³/mol. The number of carbonyl (C=O) groups excluding carboxylic acids is 1. The molecule has 22 heavy (non-hydrogen) atoms. The Kier molecular flexibility index (Phi) is 6.25. The summed E-state index contributed by atoms with van der Waals surface area (Å²) in [6, 6.07) is 3.78. The van der Waals surface area contributed by atoms with Gasteiger partial charge in [0, 0.05) is 0 Å². The lowest BCUT2D eigenvalue weighted by Crippen LogP contribution is -2.13. The van der Waals surface area contributed by atoms with Crippen molar-refractivity contribution in [2.45, 2.75) is 51.4 Å². The van der Waals surface area contributed by atoms with Crippen molar-refractivity contribution >= 4 is 5.97 Å². The monoisotopic (exact) mass is 306 g/mol. The first-order valence-electron chi connectivity index (χ1n) is 8.20. The first-order chi connectivity index (χ1) is 10.7. The lowest BCUT2D eigenvalue weighted by atomic mass is 9.82. The largest absolute Gasteiger partial charge is 0.496 e. The molecule has 0 unspecified atom stereocenters. The summed E-state index contributed by atoms with van der Waals surface area (Å²) in [7, 11) is 1.70. The van der Waals surface area contributed by atoms with E-state index in [1.807, 2.05) is 12.1 Å². The van der Waals surface area contributed by atoms with Crippen molar-refractivity contribution in [1.29, 1.82) is 0 Å². The highest BCUT2D eigenvalue weighted by Crippen LogP contribution is 2.40. The van der Waals surface area contributed by atoms with E-state index in [2.05, 4.69) is 6.92 Å². The van der Waals surface area contributed by atoms with Gasteiger partial charge in [0.1, 0.15) is 12.4 Å². The van der Waals surface area contributed by atoms with E-state index in [1.54, 1.807) is 7.11 Å². The van der Waals surface area contributed by atoms with Crippen LogP contribution in [0.15, 0.2) is 12.1 Å². The van der Waals surface area contributed by atoms with E-state index < -0.39 is 0 Å². The van der Waals surface area contributed by atoms with E-state index in [1.165, 1.54) is 19.3 Å². The molecule has 0 amide bonds. The first-order valence-corrected chi connectivity index (χ1v) is 8.20. The lowest BCUT2D eigenvalue weighted by molar-refractivity contribution is 0.0433. The van der Waals surface area contributed by atoms with Crippen LogP contribution in [0.25, 0.3) is 0 Å². The van der Waals surface area contributed by atoms with Crippen LogP contribution in [0.1, 0.15) is 66.4 Å². The molecule has 0 aromatic heterocycles. The number of esters is 1. The Morgan fingerprint density at radius 1 is 1.27 bits per heavy atom. The second-order valence-electron chi connectivity index (χ2n) is 5.81. The van der Waals surface area contributed by atoms with Gasteiger partial charge in [-0.2, -0.15) is 0 Å². The third-order valence-corrected chi connectivity index (χ3v) is 4.38. The van der Waals surface area contributed by atoms with Gasteiger partial charge in [0.25, 0.3) is 0 Å². The Morgan fingerprint density at radius 3 is 2.59 bits per heavy atom. The molecule has 0 bridgehead atoms. The Hall–Kier alpha value is -1.55. The highest BCUT2D eigenvalue weighted by molar-refractivity contribution is 5.90. The van der Waals surface area contributed by atoms with Crippen LogP contribution in [0.4, 0.5) is 0 Å². The van der Waals surface area contributed by atoms with E-state index in [9.17, 15) is 4.79 Å². The summed E-state index contributed by atoms with van der Waals surface area (Å²) in [4.78, 5) is 12.1. The maximum atomic E-state index is 12.1. The zero-order chi connectivity index (χ0) is 15.9. The highest BCUT2D eigenvalue weighted by atomic mass is 16.5. The van der Waals surface area contributed by atoms with Crippen molar-refractivity contribution in [2.75, 3.05) is 20.3 Å². The molecule has 2 rings (SSSR count). The quantitative estimate of drug-likeness (QED) is 0.818. The number of rotatable bonds is 6. The Bertz CT molecular complexity index is 504. The number of hydrogen-bond acceptors (Lipinski definition) is 4. The average Bonchev–Trinajstić information content (AvgIpc) is 2.59. The fourth-order valence-electron chi connectivity index (χ4n) is 3.28. The van der Waals surface area contributed by atoms with Gasteiger partial charge in [-0.15, -0.1) is 0 Å². The second-order valence-corrected chi connectivity index (χ2v) is 5.81. The van der Waals surface area contributed by atoms with Crippen LogP contribution in [-0.2, 0) is 11.2 Å². The fraction of sp³-hybridized carbons (Fsp3) is 0.611. The van der Waals surface area contributed by atoms with Gasteiger partial charge in [0.05, 0.1) is 19.3 Å². The zero-order valence-electron chi connectivity index (χ0n) is 13.6. The van der Waals surface area contributed by atoms with Crippen molar-refractivity contribution in [3.63, 3.8) is 0 Å². The van der Waals surface area contributed by atoms with E-state index in [-0.39, 0.29) is 19.2 Å². The summed E-state index contributed by atoms with van der Waals surface area (Å²) in [6.07, 6.45) is 6.86. The van der Waals surface area contributed by atoms with Crippen molar-refractivity contribution in [1.82, 2.24) is 0 Å². The van der Waals surface area contributed by atoms with Crippen LogP contribution < -0.4 is 4.74 Å². The van der Waals surface area contributed by atoms with Gasteiger partial charge in [-0.05, 0) is 48.4 Å². The van der Waals surface area contributed by atoms with Crippen molar-refractivity contribution in [2.24, 2.45) is 0 Å². The Morgan fingerprint density at radius 2 is 2.00 bits per heavy atom. The number of aryl methyl sites for hydroxylation is 1. The Balaban J connectivity index is 2.37. The maximum Gasteiger partial charge on any atom is 0.338 e. The molecule has 1 N–H and O–H groups in total.